The monoisotopic (exact) mass is 747 g/mol. The molecular weight excluding hydrogens is 685 g/mol. The van der Waals surface area contributed by atoms with Gasteiger partial charge in [0.05, 0.1) is 12.1 Å². The van der Waals surface area contributed by atoms with Crippen molar-refractivity contribution in [2.24, 2.45) is 23.3 Å². The van der Waals surface area contributed by atoms with Gasteiger partial charge in [-0.25, -0.2) is 0 Å². The lowest BCUT2D eigenvalue weighted by Crippen LogP contribution is -2.52. The second kappa shape index (κ2) is 21.8. The second-order valence-electron chi connectivity index (χ2n) is 15.5. The highest BCUT2D eigenvalue weighted by molar-refractivity contribution is 6.43. The lowest BCUT2D eigenvalue weighted by molar-refractivity contribution is -0.140. The van der Waals surface area contributed by atoms with E-state index in [1.54, 1.807) is 19.1 Å². The SMILES string of the molecule is CCCCc1ccc(-c2ccc(C(=O)N[C@@H](CCCCN)C(=O)N3C[C@H](N)C[C@H]3C(=O)C[C@@H](C)C(=O)N[C@@H](CC(C)C)C(=O)C[C@@H](C)B(O)O)cc2)cc1. The molecule has 1 aliphatic heterocycles. The van der Waals surface area contributed by atoms with Crippen LogP contribution in [0.3, 0.4) is 0 Å². The first-order valence-corrected chi connectivity index (χ1v) is 19.6. The van der Waals surface area contributed by atoms with Crippen LogP contribution in [0.5, 0.6) is 0 Å². The fourth-order valence-corrected chi connectivity index (χ4v) is 6.82. The van der Waals surface area contributed by atoms with E-state index in [0.29, 0.717) is 37.8 Å². The summed E-state index contributed by atoms with van der Waals surface area (Å²) >= 11 is 0. The third-order valence-electron chi connectivity index (χ3n) is 10.2. The number of hydrogen-bond donors (Lipinski definition) is 6. The highest BCUT2D eigenvalue weighted by atomic mass is 16.4. The number of nitrogens with one attached hydrogen (secondary N) is 2. The molecule has 3 amide bonds. The van der Waals surface area contributed by atoms with Crippen LogP contribution >= 0.6 is 0 Å². The first-order valence-electron chi connectivity index (χ1n) is 19.6. The minimum atomic E-state index is -1.66. The molecule has 0 spiro atoms. The number of benzene rings is 2. The summed E-state index contributed by atoms with van der Waals surface area (Å²) in [6, 6.07) is 12.6. The molecule has 1 aliphatic rings. The highest BCUT2D eigenvalue weighted by Crippen LogP contribution is 2.25. The van der Waals surface area contributed by atoms with Gasteiger partial charge in [-0.15, -0.1) is 0 Å². The number of ketones is 2. The summed E-state index contributed by atoms with van der Waals surface area (Å²) in [5.41, 5.74) is 15.7. The van der Waals surface area contributed by atoms with Crippen molar-refractivity contribution in [1.29, 1.82) is 0 Å². The zero-order chi connectivity index (χ0) is 39.9. The summed E-state index contributed by atoms with van der Waals surface area (Å²) in [6.45, 7) is 9.68. The third kappa shape index (κ3) is 13.4. The Morgan fingerprint density at radius 3 is 2.07 bits per heavy atom. The van der Waals surface area contributed by atoms with Crippen molar-refractivity contribution in [2.75, 3.05) is 13.1 Å². The zero-order valence-electron chi connectivity index (χ0n) is 32.8. The number of nitrogens with zero attached hydrogens (tertiary/aromatic N) is 1. The fraction of sp³-hybridized carbons (Fsp3) is 0.585. The molecule has 54 heavy (non-hydrogen) atoms. The van der Waals surface area contributed by atoms with Gasteiger partial charge in [-0.3, -0.25) is 24.0 Å². The van der Waals surface area contributed by atoms with Crippen molar-refractivity contribution < 1.29 is 34.0 Å². The van der Waals surface area contributed by atoms with Crippen molar-refractivity contribution in [3.8, 4) is 11.1 Å². The summed E-state index contributed by atoms with van der Waals surface area (Å²) in [5, 5.41) is 24.6. The van der Waals surface area contributed by atoms with Crippen molar-refractivity contribution in [3.05, 3.63) is 59.7 Å². The maximum atomic E-state index is 14.1. The molecule has 1 heterocycles. The number of Topliss-reactive ketones (excluding diaryl/α,β-unsaturated/α-hetero) is 2. The van der Waals surface area contributed by atoms with E-state index in [0.717, 1.165) is 30.4 Å². The third-order valence-corrected chi connectivity index (χ3v) is 10.2. The fourth-order valence-electron chi connectivity index (χ4n) is 6.82. The molecule has 12 nitrogen and oxygen atoms in total. The highest BCUT2D eigenvalue weighted by Gasteiger charge is 2.41. The number of carbonyl (C=O) groups excluding carboxylic acids is 5. The van der Waals surface area contributed by atoms with Gasteiger partial charge in [-0.2, -0.15) is 0 Å². The topological polar surface area (TPSA) is 205 Å². The Hall–Kier alpha value is -3.91. The lowest BCUT2D eigenvalue weighted by Gasteiger charge is -2.29. The standard InChI is InChI=1S/C41H62BN5O7/c1-6-7-10-29-12-14-30(15-13-29)31-16-18-32(19-17-31)40(51)45-34(11-8-9-20-43)41(52)47-25-33(44)24-36(47)38(49)22-27(4)39(50)46-35(21-26(2)3)37(48)23-28(5)42(53)54/h12-19,26-28,33-36,53-54H,6-11,20-25,43-44H2,1-5H3,(H,45,51)(H,46,50)/t27-,28-,33-,34+,35+,36+/m1/s1. The number of rotatable bonds is 22. The maximum Gasteiger partial charge on any atom is 0.454 e. The van der Waals surface area contributed by atoms with Crippen LogP contribution < -0.4 is 22.1 Å². The molecule has 2 aromatic carbocycles. The number of unbranched alkanes of at least 4 members (excludes halogenated alkanes) is 2. The van der Waals surface area contributed by atoms with Crippen molar-refractivity contribution >= 4 is 36.4 Å². The minimum absolute atomic E-state index is 0.0702. The van der Waals surface area contributed by atoms with Gasteiger partial charge in [-0.1, -0.05) is 77.4 Å². The lowest BCUT2D eigenvalue weighted by atomic mass is 9.71. The summed E-state index contributed by atoms with van der Waals surface area (Å²) in [4.78, 5) is 69.0. The van der Waals surface area contributed by atoms with Gasteiger partial charge in [-0.05, 0) is 92.0 Å². The average molecular weight is 748 g/mol. The molecule has 0 saturated carbocycles. The molecule has 0 unspecified atom stereocenters. The molecule has 2 aromatic rings. The number of carbonyl (C=O) groups is 5. The normalized spacial score (nSPS) is 17.8. The Kier molecular flexibility index (Phi) is 18.0. The Morgan fingerprint density at radius 2 is 1.50 bits per heavy atom. The molecule has 296 valence electrons. The summed E-state index contributed by atoms with van der Waals surface area (Å²) in [6.07, 6.45) is 5.16. The quantitative estimate of drug-likeness (QED) is 0.0765. The molecule has 0 aromatic heterocycles. The van der Waals surface area contributed by atoms with Crippen molar-refractivity contribution in [2.45, 2.75) is 129 Å². The van der Waals surface area contributed by atoms with E-state index in [9.17, 15) is 34.0 Å². The minimum Gasteiger partial charge on any atom is -0.427 e. The Labute approximate surface area is 321 Å². The number of hydrogen-bond acceptors (Lipinski definition) is 9. The van der Waals surface area contributed by atoms with Crippen LogP contribution in [0, 0.1) is 11.8 Å². The number of nitrogens with two attached hydrogens (primary N) is 2. The molecule has 0 aliphatic carbocycles. The van der Waals surface area contributed by atoms with Crippen molar-refractivity contribution in [3.63, 3.8) is 0 Å². The van der Waals surface area contributed by atoms with E-state index in [1.807, 2.05) is 26.0 Å². The van der Waals surface area contributed by atoms with Crippen LogP contribution in [0.4, 0.5) is 0 Å². The van der Waals surface area contributed by atoms with Gasteiger partial charge >= 0.3 is 7.12 Å². The molecule has 3 rings (SSSR count). The molecule has 0 radical (unpaired) electrons. The van der Waals surface area contributed by atoms with Crippen LogP contribution in [0.15, 0.2) is 48.5 Å². The summed E-state index contributed by atoms with van der Waals surface area (Å²) < 4.78 is 0. The van der Waals surface area contributed by atoms with Crippen LogP contribution in [-0.4, -0.2) is 88.6 Å². The average Bonchev–Trinajstić information content (AvgIpc) is 3.54. The molecule has 13 heteroatoms. The van der Waals surface area contributed by atoms with Crippen molar-refractivity contribution in [1.82, 2.24) is 15.5 Å². The smallest absolute Gasteiger partial charge is 0.427 e. The molecule has 0 bridgehead atoms. The molecule has 1 fully saturated rings. The van der Waals surface area contributed by atoms with E-state index in [-0.39, 0.29) is 43.3 Å². The van der Waals surface area contributed by atoms with E-state index < -0.39 is 60.7 Å². The van der Waals surface area contributed by atoms with Gasteiger partial charge in [0.25, 0.3) is 5.91 Å². The predicted octanol–water partition coefficient (Wildman–Crippen LogP) is 3.80. The second-order valence-corrected chi connectivity index (χ2v) is 15.5. The molecule has 6 atom stereocenters. The van der Waals surface area contributed by atoms with Crippen LogP contribution in [0.2, 0.25) is 5.82 Å². The number of likely N-dealkylation sites (tertiary alicyclic amines) is 1. The maximum absolute atomic E-state index is 14.1. The molecule has 8 N–H and O–H groups in total. The van der Waals surface area contributed by atoms with Gasteiger partial charge in [0.15, 0.2) is 11.6 Å². The molecular formula is C41H62BN5O7. The zero-order valence-corrected chi connectivity index (χ0v) is 32.8. The van der Waals surface area contributed by atoms with Gasteiger partial charge in [0.2, 0.25) is 11.8 Å². The van der Waals surface area contributed by atoms with E-state index >= 15 is 0 Å². The molecule has 1 saturated heterocycles. The van der Waals surface area contributed by atoms with Crippen LogP contribution in [0.1, 0.15) is 108 Å². The first-order chi connectivity index (χ1) is 25.6. The number of aryl methyl sites for hydroxylation is 1. The Morgan fingerprint density at radius 1 is 0.870 bits per heavy atom. The predicted molar refractivity (Wildman–Crippen MR) is 212 cm³/mol. The van der Waals surface area contributed by atoms with Gasteiger partial charge in [0.1, 0.15) is 6.04 Å². The van der Waals surface area contributed by atoms with E-state index in [2.05, 4.69) is 41.8 Å². The van der Waals surface area contributed by atoms with Crippen LogP contribution in [0.25, 0.3) is 11.1 Å². The number of amides is 3. The van der Waals surface area contributed by atoms with E-state index in [4.69, 9.17) is 11.5 Å². The summed E-state index contributed by atoms with van der Waals surface area (Å²) in [5.74, 6) is -3.39. The largest absolute Gasteiger partial charge is 0.454 e. The van der Waals surface area contributed by atoms with E-state index in [1.165, 1.54) is 17.4 Å². The Bertz CT molecular complexity index is 1540. The van der Waals surface area contributed by atoms with Crippen LogP contribution in [-0.2, 0) is 25.6 Å². The Balaban J connectivity index is 1.70. The first kappa shape index (κ1) is 44.5. The summed E-state index contributed by atoms with van der Waals surface area (Å²) in [7, 11) is -1.66. The van der Waals surface area contributed by atoms with Gasteiger partial charge < -0.3 is 37.0 Å². The van der Waals surface area contributed by atoms with Gasteiger partial charge in [0, 0.05) is 36.9 Å².